The Morgan fingerprint density at radius 2 is 2.00 bits per heavy atom. The van der Waals surface area contributed by atoms with Gasteiger partial charge < -0.3 is 10.6 Å². The van der Waals surface area contributed by atoms with Crippen molar-refractivity contribution in [2.75, 3.05) is 6.54 Å². The molecule has 1 amide bonds. The van der Waals surface area contributed by atoms with Gasteiger partial charge in [0.15, 0.2) is 0 Å². The third-order valence-corrected chi connectivity index (χ3v) is 3.54. The zero-order valence-corrected chi connectivity index (χ0v) is 8.98. The molecule has 1 heterocycles. The molecular weight excluding hydrogens is 200 g/mol. The highest BCUT2D eigenvalue weighted by Crippen LogP contribution is 2.49. The Balaban J connectivity index is 0.000000750. The molecule has 3 nitrogen and oxygen atoms in total. The summed E-state index contributed by atoms with van der Waals surface area (Å²) in [5.74, 6) is 2.03. The van der Waals surface area contributed by atoms with Crippen LogP contribution in [0, 0.1) is 11.8 Å². The molecule has 3 fully saturated rings. The Morgan fingerprint density at radius 1 is 1.29 bits per heavy atom. The van der Waals surface area contributed by atoms with Gasteiger partial charge in [-0.3, -0.25) is 4.79 Å². The molecule has 0 aromatic heterocycles. The number of hydrogen-bond donors (Lipinski definition) is 2. The predicted molar refractivity (Wildman–Crippen MR) is 56.4 cm³/mol. The SMILES string of the molecule is Cl.O=C(NC1CC1C1CC1)[C@H]1CCN1. The van der Waals surface area contributed by atoms with E-state index in [1.54, 1.807) is 0 Å². The molecule has 80 valence electrons. The van der Waals surface area contributed by atoms with Crippen molar-refractivity contribution in [3.63, 3.8) is 0 Å². The second-order valence-corrected chi connectivity index (χ2v) is 4.65. The van der Waals surface area contributed by atoms with E-state index in [0.717, 1.165) is 24.8 Å². The fourth-order valence-corrected chi connectivity index (χ4v) is 2.22. The van der Waals surface area contributed by atoms with Gasteiger partial charge in [-0.2, -0.15) is 0 Å². The van der Waals surface area contributed by atoms with Crippen LogP contribution in [-0.2, 0) is 4.79 Å². The smallest absolute Gasteiger partial charge is 0.237 e. The fraction of sp³-hybridized carbons (Fsp3) is 0.900. The molecule has 1 aliphatic heterocycles. The Hall–Kier alpha value is -0.280. The van der Waals surface area contributed by atoms with E-state index in [9.17, 15) is 4.79 Å². The Labute approximate surface area is 90.4 Å². The van der Waals surface area contributed by atoms with Crippen LogP contribution >= 0.6 is 12.4 Å². The largest absolute Gasteiger partial charge is 0.352 e. The average molecular weight is 217 g/mol. The van der Waals surface area contributed by atoms with Crippen LogP contribution in [0.25, 0.3) is 0 Å². The highest BCUT2D eigenvalue weighted by molar-refractivity contribution is 5.85. The van der Waals surface area contributed by atoms with Crippen LogP contribution in [0.1, 0.15) is 25.7 Å². The number of carbonyl (C=O) groups excluding carboxylic acids is 1. The van der Waals surface area contributed by atoms with E-state index >= 15 is 0 Å². The molecule has 4 heteroatoms. The van der Waals surface area contributed by atoms with Crippen LogP contribution in [0.2, 0.25) is 0 Å². The number of halogens is 1. The van der Waals surface area contributed by atoms with Gasteiger partial charge in [-0.25, -0.2) is 0 Å². The minimum absolute atomic E-state index is 0. The number of amides is 1. The van der Waals surface area contributed by atoms with Crippen molar-refractivity contribution >= 4 is 18.3 Å². The Bertz CT molecular complexity index is 238. The lowest BCUT2D eigenvalue weighted by Gasteiger charge is -2.26. The van der Waals surface area contributed by atoms with Crippen LogP contribution < -0.4 is 10.6 Å². The monoisotopic (exact) mass is 216 g/mol. The van der Waals surface area contributed by atoms with E-state index in [2.05, 4.69) is 10.6 Å². The summed E-state index contributed by atoms with van der Waals surface area (Å²) in [5.41, 5.74) is 0. The standard InChI is InChI=1S/C10H16N2O.ClH/c13-10(8-3-4-11-8)12-9-5-7(9)6-1-2-6;/h6-9,11H,1-5H2,(H,12,13);1H/t7?,8-,9?;/m1./s1. The molecule has 0 radical (unpaired) electrons. The molecule has 3 rings (SSSR count). The highest BCUT2D eigenvalue weighted by Gasteiger charge is 2.48. The van der Waals surface area contributed by atoms with Crippen molar-refractivity contribution < 1.29 is 4.79 Å². The Morgan fingerprint density at radius 3 is 2.50 bits per heavy atom. The lowest BCUT2D eigenvalue weighted by atomic mass is 10.1. The molecule has 0 aromatic rings. The molecule has 0 aromatic carbocycles. The van der Waals surface area contributed by atoms with E-state index in [-0.39, 0.29) is 24.4 Å². The van der Waals surface area contributed by atoms with Gasteiger partial charge in [0.25, 0.3) is 0 Å². The second kappa shape index (κ2) is 3.70. The van der Waals surface area contributed by atoms with Crippen molar-refractivity contribution in [2.45, 2.75) is 37.8 Å². The topological polar surface area (TPSA) is 41.1 Å². The summed E-state index contributed by atoms with van der Waals surface area (Å²) >= 11 is 0. The molecule has 0 spiro atoms. The minimum Gasteiger partial charge on any atom is -0.352 e. The maximum atomic E-state index is 11.5. The summed E-state index contributed by atoms with van der Waals surface area (Å²) in [6.45, 7) is 1.01. The van der Waals surface area contributed by atoms with Gasteiger partial charge >= 0.3 is 0 Å². The van der Waals surface area contributed by atoms with Gasteiger partial charge in [0, 0.05) is 6.04 Å². The number of hydrogen-bond acceptors (Lipinski definition) is 2. The maximum Gasteiger partial charge on any atom is 0.237 e. The Kier molecular flexibility index (Phi) is 2.71. The third-order valence-electron chi connectivity index (χ3n) is 3.54. The average Bonchev–Trinajstić information content (AvgIpc) is 2.72. The van der Waals surface area contributed by atoms with E-state index in [0.29, 0.717) is 6.04 Å². The van der Waals surface area contributed by atoms with Crippen molar-refractivity contribution in [2.24, 2.45) is 11.8 Å². The quantitative estimate of drug-likeness (QED) is 0.729. The molecule has 0 bridgehead atoms. The summed E-state index contributed by atoms with van der Waals surface area (Å²) < 4.78 is 0. The molecule has 2 aliphatic carbocycles. The van der Waals surface area contributed by atoms with Gasteiger partial charge in [-0.05, 0) is 44.1 Å². The predicted octanol–water partition coefficient (Wildman–Crippen LogP) is 0.685. The molecule has 3 aliphatic rings. The minimum atomic E-state index is 0. The van der Waals surface area contributed by atoms with Crippen LogP contribution in [-0.4, -0.2) is 24.5 Å². The van der Waals surface area contributed by atoms with E-state index in [4.69, 9.17) is 0 Å². The van der Waals surface area contributed by atoms with Gasteiger partial charge in [0.1, 0.15) is 0 Å². The third kappa shape index (κ3) is 1.89. The van der Waals surface area contributed by atoms with Gasteiger partial charge in [0.05, 0.1) is 6.04 Å². The van der Waals surface area contributed by atoms with Crippen molar-refractivity contribution in [1.29, 1.82) is 0 Å². The summed E-state index contributed by atoms with van der Waals surface area (Å²) in [4.78, 5) is 11.5. The lowest BCUT2D eigenvalue weighted by molar-refractivity contribution is -0.124. The zero-order valence-electron chi connectivity index (χ0n) is 8.16. The van der Waals surface area contributed by atoms with Gasteiger partial charge in [-0.15, -0.1) is 12.4 Å². The molecule has 14 heavy (non-hydrogen) atoms. The van der Waals surface area contributed by atoms with Gasteiger partial charge in [0.2, 0.25) is 5.91 Å². The summed E-state index contributed by atoms with van der Waals surface area (Å²) in [5, 5.41) is 6.25. The first kappa shape index (κ1) is 10.2. The molecule has 2 saturated carbocycles. The van der Waals surface area contributed by atoms with Crippen molar-refractivity contribution in [3.8, 4) is 0 Å². The number of nitrogens with one attached hydrogen (secondary N) is 2. The fourth-order valence-electron chi connectivity index (χ4n) is 2.22. The first-order valence-corrected chi connectivity index (χ1v) is 5.38. The summed E-state index contributed by atoms with van der Waals surface area (Å²) in [7, 11) is 0. The molecule has 3 atom stereocenters. The number of rotatable bonds is 3. The first-order valence-electron chi connectivity index (χ1n) is 5.38. The van der Waals surface area contributed by atoms with Crippen LogP contribution in [0.15, 0.2) is 0 Å². The molecule has 2 unspecified atom stereocenters. The maximum absolute atomic E-state index is 11.5. The zero-order chi connectivity index (χ0) is 8.84. The first-order chi connectivity index (χ1) is 6.34. The lowest BCUT2D eigenvalue weighted by Crippen LogP contribution is -2.53. The summed E-state index contributed by atoms with van der Waals surface area (Å²) in [6, 6.07) is 0.655. The second-order valence-electron chi connectivity index (χ2n) is 4.65. The van der Waals surface area contributed by atoms with Crippen molar-refractivity contribution in [3.05, 3.63) is 0 Å². The highest BCUT2D eigenvalue weighted by atomic mass is 35.5. The normalized spacial score (nSPS) is 39.3. The number of carbonyl (C=O) groups is 1. The summed E-state index contributed by atoms with van der Waals surface area (Å²) in [6.07, 6.45) is 5.06. The molecule has 1 saturated heterocycles. The van der Waals surface area contributed by atoms with E-state index in [1.807, 2.05) is 0 Å². The van der Waals surface area contributed by atoms with Crippen LogP contribution in [0.4, 0.5) is 0 Å². The van der Waals surface area contributed by atoms with E-state index in [1.165, 1.54) is 19.3 Å². The van der Waals surface area contributed by atoms with Gasteiger partial charge in [-0.1, -0.05) is 0 Å². The van der Waals surface area contributed by atoms with Crippen molar-refractivity contribution in [1.82, 2.24) is 10.6 Å². The molecular formula is C10H17ClN2O. The van der Waals surface area contributed by atoms with Crippen LogP contribution in [0.3, 0.4) is 0 Å². The van der Waals surface area contributed by atoms with E-state index < -0.39 is 0 Å². The molecule has 2 N–H and O–H groups in total. The van der Waals surface area contributed by atoms with Crippen LogP contribution in [0.5, 0.6) is 0 Å².